The van der Waals surface area contributed by atoms with Gasteiger partial charge in [0.05, 0.1) is 17.6 Å². The Hall–Kier alpha value is -2.37. The van der Waals surface area contributed by atoms with Gasteiger partial charge in [-0.2, -0.15) is 5.10 Å². The highest BCUT2D eigenvalue weighted by Crippen LogP contribution is 2.17. The number of aromatic nitrogens is 2. The van der Waals surface area contributed by atoms with Crippen molar-refractivity contribution in [3.63, 3.8) is 0 Å². The molecule has 6 nitrogen and oxygen atoms in total. The highest BCUT2D eigenvalue weighted by Gasteiger charge is 2.24. The highest BCUT2D eigenvalue weighted by molar-refractivity contribution is 5.89. The summed E-state index contributed by atoms with van der Waals surface area (Å²) in [6.07, 6.45) is 0.0673. The molecule has 2 rings (SSSR count). The van der Waals surface area contributed by atoms with E-state index in [9.17, 15) is 9.59 Å². The molecular formula is C15H19N3O3. The number of carbonyl (C=O) groups is 2. The van der Waals surface area contributed by atoms with Crippen LogP contribution in [-0.4, -0.2) is 32.8 Å². The molecule has 6 heteroatoms. The van der Waals surface area contributed by atoms with E-state index < -0.39 is 12.0 Å². The van der Waals surface area contributed by atoms with Gasteiger partial charge in [-0.1, -0.05) is 32.0 Å². The summed E-state index contributed by atoms with van der Waals surface area (Å²) in [5.74, 6) is -1.53. The fourth-order valence-corrected chi connectivity index (χ4v) is 2.31. The lowest BCUT2D eigenvalue weighted by atomic mass is 10.0. The van der Waals surface area contributed by atoms with Gasteiger partial charge in [-0.3, -0.25) is 9.48 Å². The predicted molar refractivity (Wildman–Crippen MR) is 78.8 cm³/mol. The minimum Gasteiger partial charge on any atom is -0.480 e. The third-order valence-corrected chi connectivity index (χ3v) is 3.41. The molecule has 0 saturated heterocycles. The Morgan fingerprint density at radius 1 is 1.33 bits per heavy atom. The van der Waals surface area contributed by atoms with E-state index in [1.54, 1.807) is 18.5 Å². The second-order valence-electron chi connectivity index (χ2n) is 5.39. The molecule has 1 aromatic heterocycles. The standard InChI is InChI=1S/C15H19N3O3/c1-9(2)14(15(20)21)16-13(19)8-11-10-6-4-5-7-12(10)18(3)17-11/h4-7,9,14H,8H2,1-3H3,(H,16,19)(H,20,21). The summed E-state index contributed by atoms with van der Waals surface area (Å²) in [6.45, 7) is 3.52. The molecule has 0 saturated carbocycles. The van der Waals surface area contributed by atoms with Gasteiger partial charge in [0, 0.05) is 12.4 Å². The third-order valence-electron chi connectivity index (χ3n) is 3.41. The van der Waals surface area contributed by atoms with Crippen molar-refractivity contribution in [3.05, 3.63) is 30.0 Å². The zero-order valence-corrected chi connectivity index (χ0v) is 12.3. The van der Waals surface area contributed by atoms with Gasteiger partial charge in [0.25, 0.3) is 0 Å². The number of nitrogens with zero attached hydrogens (tertiary/aromatic N) is 2. The predicted octanol–water partition coefficient (Wildman–Crippen LogP) is 1.34. The van der Waals surface area contributed by atoms with Crippen molar-refractivity contribution in [2.24, 2.45) is 13.0 Å². The van der Waals surface area contributed by atoms with Gasteiger partial charge in [0.2, 0.25) is 5.91 Å². The van der Waals surface area contributed by atoms with Gasteiger partial charge in [0.1, 0.15) is 6.04 Å². The lowest BCUT2D eigenvalue weighted by Gasteiger charge is -2.17. The number of fused-ring (bicyclic) bond motifs is 1. The molecule has 0 radical (unpaired) electrons. The van der Waals surface area contributed by atoms with Gasteiger partial charge < -0.3 is 10.4 Å². The lowest BCUT2D eigenvalue weighted by molar-refractivity contribution is -0.143. The average Bonchev–Trinajstić information content (AvgIpc) is 2.73. The Balaban J connectivity index is 2.17. The van der Waals surface area contributed by atoms with Crippen LogP contribution in [0.4, 0.5) is 0 Å². The summed E-state index contributed by atoms with van der Waals surface area (Å²) >= 11 is 0. The first kappa shape index (κ1) is 15.0. The van der Waals surface area contributed by atoms with Gasteiger partial charge in [-0.15, -0.1) is 0 Å². The van der Waals surface area contributed by atoms with Crippen molar-refractivity contribution in [1.29, 1.82) is 0 Å². The van der Waals surface area contributed by atoms with Gasteiger partial charge in [0.15, 0.2) is 0 Å². The number of rotatable bonds is 5. The van der Waals surface area contributed by atoms with Crippen LogP contribution in [0.2, 0.25) is 0 Å². The van der Waals surface area contributed by atoms with Crippen LogP contribution >= 0.6 is 0 Å². The number of carboxylic acid groups (broad SMARTS) is 1. The molecule has 1 heterocycles. The molecule has 0 fully saturated rings. The van der Waals surface area contributed by atoms with Gasteiger partial charge in [-0.05, 0) is 12.0 Å². The number of benzene rings is 1. The Kier molecular flexibility index (Phi) is 4.26. The maximum absolute atomic E-state index is 12.1. The monoisotopic (exact) mass is 289 g/mol. The molecule has 1 atom stereocenters. The Labute approximate surface area is 122 Å². The van der Waals surface area contributed by atoms with Crippen molar-refractivity contribution in [2.45, 2.75) is 26.3 Å². The summed E-state index contributed by atoms with van der Waals surface area (Å²) in [4.78, 5) is 23.2. The molecule has 2 N–H and O–H groups in total. The molecule has 1 aromatic carbocycles. The van der Waals surface area contributed by atoms with Crippen molar-refractivity contribution in [1.82, 2.24) is 15.1 Å². The number of hydrogen-bond donors (Lipinski definition) is 2. The number of hydrogen-bond acceptors (Lipinski definition) is 3. The van der Waals surface area contributed by atoms with E-state index in [4.69, 9.17) is 5.11 Å². The molecule has 0 bridgehead atoms. The van der Waals surface area contributed by atoms with Gasteiger partial charge >= 0.3 is 5.97 Å². The Bertz CT molecular complexity index is 676. The number of carbonyl (C=O) groups excluding carboxylic acids is 1. The smallest absolute Gasteiger partial charge is 0.326 e. The SMILES string of the molecule is CC(C)C(NC(=O)Cc1nn(C)c2ccccc12)C(=O)O. The van der Waals surface area contributed by atoms with E-state index in [0.717, 1.165) is 10.9 Å². The lowest BCUT2D eigenvalue weighted by Crippen LogP contribution is -2.44. The molecule has 0 aliphatic heterocycles. The first-order chi connectivity index (χ1) is 9.90. The van der Waals surface area contributed by atoms with Crippen LogP contribution in [-0.2, 0) is 23.1 Å². The first-order valence-corrected chi connectivity index (χ1v) is 6.83. The van der Waals surface area contributed by atoms with Crippen LogP contribution in [0.25, 0.3) is 10.9 Å². The van der Waals surface area contributed by atoms with E-state index in [2.05, 4.69) is 10.4 Å². The quantitative estimate of drug-likeness (QED) is 0.870. The largest absolute Gasteiger partial charge is 0.480 e. The zero-order chi connectivity index (χ0) is 15.6. The Morgan fingerprint density at radius 2 is 2.00 bits per heavy atom. The minimum absolute atomic E-state index is 0.0673. The summed E-state index contributed by atoms with van der Waals surface area (Å²) in [5, 5.41) is 16.9. The third kappa shape index (κ3) is 3.21. The second kappa shape index (κ2) is 5.95. The molecule has 2 aromatic rings. The number of aliphatic carboxylic acids is 1. The van der Waals surface area contributed by atoms with E-state index in [0.29, 0.717) is 5.69 Å². The fourth-order valence-electron chi connectivity index (χ4n) is 2.31. The Morgan fingerprint density at radius 3 is 2.62 bits per heavy atom. The van der Waals surface area contributed by atoms with Crippen molar-refractivity contribution in [3.8, 4) is 0 Å². The van der Waals surface area contributed by atoms with Crippen molar-refractivity contribution < 1.29 is 14.7 Å². The van der Waals surface area contributed by atoms with Crippen LogP contribution in [0.5, 0.6) is 0 Å². The van der Waals surface area contributed by atoms with Crippen LogP contribution in [0.3, 0.4) is 0 Å². The van der Waals surface area contributed by atoms with Crippen molar-refractivity contribution in [2.75, 3.05) is 0 Å². The summed E-state index contributed by atoms with van der Waals surface area (Å²) < 4.78 is 1.72. The minimum atomic E-state index is -1.02. The van der Waals surface area contributed by atoms with E-state index in [1.165, 1.54) is 0 Å². The maximum atomic E-state index is 12.1. The summed E-state index contributed by atoms with van der Waals surface area (Å²) in [5.41, 5.74) is 1.59. The van der Waals surface area contributed by atoms with E-state index >= 15 is 0 Å². The van der Waals surface area contributed by atoms with E-state index in [1.807, 2.05) is 31.3 Å². The molecule has 1 amide bonds. The maximum Gasteiger partial charge on any atom is 0.326 e. The summed E-state index contributed by atoms with van der Waals surface area (Å²) in [7, 11) is 1.82. The molecule has 112 valence electrons. The fraction of sp³-hybridized carbons (Fsp3) is 0.400. The topological polar surface area (TPSA) is 84.2 Å². The average molecular weight is 289 g/mol. The number of carboxylic acids is 1. The first-order valence-electron chi connectivity index (χ1n) is 6.83. The van der Waals surface area contributed by atoms with Crippen LogP contribution in [0, 0.1) is 5.92 Å². The molecule has 1 unspecified atom stereocenters. The highest BCUT2D eigenvalue weighted by atomic mass is 16.4. The number of amides is 1. The normalized spacial score (nSPS) is 12.6. The molecule has 0 spiro atoms. The number of para-hydroxylation sites is 1. The van der Waals surface area contributed by atoms with Crippen LogP contribution < -0.4 is 5.32 Å². The number of nitrogens with one attached hydrogen (secondary N) is 1. The van der Waals surface area contributed by atoms with E-state index in [-0.39, 0.29) is 18.2 Å². The second-order valence-corrected chi connectivity index (χ2v) is 5.39. The molecular weight excluding hydrogens is 270 g/mol. The van der Waals surface area contributed by atoms with Crippen molar-refractivity contribution >= 4 is 22.8 Å². The molecule has 21 heavy (non-hydrogen) atoms. The molecule has 0 aliphatic rings. The number of aryl methyl sites for hydroxylation is 1. The summed E-state index contributed by atoms with van der Waals surface area (Å²) in [6, 6.07) is 6.75. The van der Waals surface area contributed by atoms with Crippen LogP contribution in [0.15, 0.2) is 24.3 Å². The van der Waals surface area contributed by atoms with Crippen LogP contribution in [0.1, 0.15) is 19.5 Å². The zero-order valence-electron chi connectivity index (χ0n) is 12.3. The van der Waals surface area contributed by atoms with Gasteiger partial charge in [-0.25, -0.2) is 4.79 Å². The molecule has 0 aliphatic carbocycles.